The van der Waals surface area contributed by atoms with Gasteiger partial charge < -0.3 is 14.9 Å². The van der Waals surface area contributed by atoms with Crippen molar-refractivity contribution >= 4 is 5.82 Å². The number of nitrogens with zero attached hydrogens (tertiary/aromatic N) is 4. The number of likely N-dealkylation sites (N-methyl/N-ethyl adjacent to an activating group) is 2. The fourth-order valence-electron chi connectivity index (χ4n) is 1.91. The second-order valence-electron chi connectivity index (χ2n) is 4.31. The van der Waals surface area contributed by atoms with Crippen molar-refractivity contribution in [1.82, 2.24) is 15.1 Å². The minimum absolute atomic E-state index is 0.134. The van der Waals surface area contributed by atoms with Crippen LogP contribution >= 0.6 is 0 Å². The predicted octanol–water partition coefficient (Wildman–Crippen LogP) is -0.107. The monoisotopic (exact) mass is 222 g/mol. The third-order valence-corrected chi connectivity index (χ3v) is 2.94. The number of aliphatic hydroxyl groups excluding tert-OH is 1. The molecule has 16 heavy (non-hydrogen) atoms. The lowest BCUT2D eigenvalue weighted by molar-refractivity contribution is 0.302. The molecule has 0 saturated carbocycles. The van der Waals surface area contributed by atoms with Crippen molar-refractivity contribution in [3.05, 3.63) is 17.3 Å². The summed E-state index contributed by atoms with van der Waals surface area (Å²) < 4.78 is 0. The summed E-state index contributed by atoms with van der Waals surface area (Å²) in [4.78, 5) is 4.20. The van der Waals surface area contributed by atoms with E-state index in [0.717, 1.165) is 31.0 Å². The first-order valence-electron chi connectivity index (χ1n) is 5.56. The standard InChI is InChI=1S/C11H18N4O/c1-14-4-3-10-9(8-14)7-11(13-12-10)15(2)5-6-16/h7,16H,3-6,8H2,1-2H3. The fourth-order valence-corrected chi connectivity index (χ4v) is 1.91. The highest BCUT2D eigenvalue weighted by Gasteiger charge is 2.16. The lowest BCUT2D eigenvalue weighted by Crippen LogP contribution is -2.29. The summed E-state index contributed by atoms with van der Waals surface area (Å²) in [6.07, 6.45) is 0.975. The molecule has 0 amide bonds. The molecule has 2 heterocycles. The third-order valence-electron chi connectivity index (χ3n) is 2.94. The van der Waals surface area contributed by atoms with Gasteiger partial charge in [0, 0.05) is 33.1 Å². The van der Waals surface area contributed by atoms with Crippen LogP contribution in [0.3, 0.4) is 0 Å². The Morgan fingerprint density at radius 2 is 2.31 bits per heavy atom. The third kappa shape index (κ3) is 2.31. The summed E-state index contributed by atoms with van der Waals surface area (Å²) in [5.41, 5.74) is 2.36. The van der Waals surface area contributed by atoms with E-state index in [1.165, 1.54) is 5.56 Å². The highest BCUT2D eigenvalue weighted by molar-refractivity contribution is 5.41. The van der Waals surface area contributed by atoms with Gasteiger partial charge in [-0.15, -0.1) is 5.10 Å². The van der Waals surface area contributed by atoms with Gasteiger partial charge in [-0.1, -0.05) is 0 Å². The quantitative estimate of drug-likeness (QED) is 0.773. The van der Waals surface area contributed by atoms with Gasteiger partial charge in [-0.25, -0.2) is 0 Å². The van der Waals surface area contributed by atoms with Crippen LogP contribution in [-0.4, -0.2) is 54.0 Å². The molecule has 0 bridgehead atoms. The van der Waals surface area contributed by atoms with E-state index in [0.29, 0.717) is 6.54 Å². The van der Waals surface area contributed by atoms with Gasteiger partial charge in [-0.3, -0.25) is 0 Å². The minimum atomic E-state index is 0.134. The normalized spacial score (nSPS) is 15.9. The van der Waals surface area contributed by atoms with Crippen molar-refractivity contribution in [3.63, 3.8) is 0 Å². The molecular weight excluding hydrogens is 204 g/mol. The van der Waals surface area contributed by atoms with E-state index in [9.17, 15) is 0 Å². The summed E-state index contributed by atoms with van der Waals surface area (Å²) in [5, 5.41) is 17.3. The molecule has 1 aliphatic rings. The van der Waals surface area contributed by atoms with Gasteiger partial charge in [0.15, 0.2) is 5.82 Å². The molecule has 88 valence electrons. The Labute approximate surface area is 95.7 Å². The molecule has 0 saturated heterocycles. The summed E-state index contributed by atoms with van der Waals surface area (Å²) in [7, 11) is 4.03. The second-order valence-corrected chi connectivity index (χ2v) is 4.31. The lowest BCUT2D eigenvalue weighted by atomic mass is 10.1. The number of rotatable bonds is 3. The number of aromatic nitrogens is 2. The molecule has 0 aliphatic carbocycles. The maximum atomic E-state index is 8.88. The molecule has 1 aliphatic heterocycles. The zero-order valence-electron chi connectivity index (χ0n) is 9.85. The smallest absolute Gasteiger partial charge is 0.151 e. The summed E-state index contributed by atoms with van der Waals surface area (Å²) in [6.45, 7) is 2.71. The van der Waals surface area contributed by atoms with Gasteiger partial charge in [-0.05, 0) is 18.7 Å². The first-order valence-corrected chi connectivity index (χ1v) is 5.56. The molecule has 5 nitrogen and oxygen atoms in total. The van der Waals surface area contributed by atoms with Crippen molar-refractivity contribution in [3.8, 4) is 0 Å². The Morgan fingerprint density at radius 3 is 3.06 bits per heavy atom. The van der Waals surface area contributed by atoms with Gasteiger partial charge in [0.2, 0.25) is 0 Å². The molecular formula is C11H18N4O. The number of hydrogen-bond acceptors (Lipinski definition) is 5. The van der Waals surface area contributed by atoms with Gasteiger partial charge in [0.05, 0.1) is 12.3 Å². The van der Waals surface area contributed by atoms with Crippen LogP contribution in [0.1, 0.15) is 11.3 Å². The first kappa shape index (κ1) is 11.3. The van der Waals surface area contributed by atoms with E-state index < -0.39 is 0 Å². The average Bonchev–Trinajstić information content (AvgIpc) is 2.28. The molecule has 0 fully saturated rings. The molecule has 1 aromatic rings. The molecule has 1 N–H and O–H groups in total. The number of hydrogen-bond donors (Lipinski definition) is 1. The van der Waals surface area contributed by atoms with E-state index in [4.69, 9.17) is 5.11 Å². The van der Waals surface area contributed by atoms with Crippen molar-refractivity contribution < 1.29 is 5.11 Å². The Kier molecular flexibility index (Phi) is 3.36. The highest BCUT2D eigenvalue weighted by Crippen LogP contribution is 2.18. The Morgan fingerprint density at radius 1 is 1.50 bits per heavy atom. The molecule has 1 aromatic heterocycles. The molecule has 0 radical (unpaired) electrons. The van der Waals surface area contributed by atoms with Crippen LogP contribution in [-0.2, 0) is 13.0 Å². The summed E-state index contributed by atoms with van der Waals surface area (Å²) in [6, 6.07) is 2.08. The average molecular weight is 222 g/mol. The van der Waals surface area contributed by atoms with Crippen molar-refractivity contribution in [2.24, 2.45) is 0 Å². The van der Waals surface area contributed by atoms with Gasteiger partial charge in [-0.2, -0.15) is 5.10 Å². The van der Waals surface area contributed by atoms with Crippen LogP contribution < -0.4 is 4.90 Å². The summed E-state index contributed by atoms with van der Waals surface area (Å²) in [5.74, 6) is 0.836. The van der Waals surface area contributed by atoms with Gasteiger partial charge >= 0.3 is 0 Å². The van der Waals surface area contributed by atoms with Crippen molar-refractivity contribution in [2.45, 2.75) is 13.0 Å². The van der Waals surface area contributed by atoms with Crippen LogP contribution in [0.4, 0.5) is 5.82 Å². The largest absolute Gasteiger partial charge is 0.395 e. The van der Waals surface area contributed by atoms with Crippen molar-refractivity contribution in [1.29, 1.82) is 0 Å². The summed E-state index contributed by atoms with van der Waals surface area (Å²) >= 11 is 0. The molecule has 2 rings (SSSR count). The van der Waals surface area contributed by atoms with E-state index in [1.807, 2.05) is 11.9 Å². The van der Waals surface area contributed by atoms with Crippen LogP contribution in [0, 0.1) is 0 Å². The Balaban J connectivity index is 2.20. The molecule has 5 heteroatoms. The van der Waals surface area contributed by atoms with Crippen LogP contribution in [0.5, 0.6) is 0 Å². The molecule has 0 unspecified atom stereocenters. The maximum Gasteiger partial charge on any atom is 0.151 e. The Bertz CT molecular complexity index is 369. The number of fused-ring (bicyclic) bond motifs is 1. The van der Waals surface area contributed by atoms with Crippen LogP contribution in [0.25, 0.3) is 0 Å². The topological polar surface area (TPSA) is 52.5 Å². The molecule has 0 aromatic carbocycles. The fraction of sp³-hybridized carbons (Fsp3) is 0.636. The van der Waals surface area contributed by atoms with E-state index >= 15 is 0 Å². The SMILES string of the molecule is CN1CCc2nnc(N(C)CCO)cc2C1. The highest BCUT2D eigenvalue weighted by atomic mass is 16.3. The number of aliphatic hydroxyl groups is 1. The Hall–Kier alpha value is -1.20. The minimum Gasteiger partial charge on any atom is -0.395 e. The van der Waals surface area contributed by atoms with E-state index in [2.05, 4.69) is 28.2 Å². The maximum absolute atomic E-state index is 8.88. The second kappa shape index (κ2) is 4.76. The number of anilines is 1. The van der Waals surface area contributed by atoms with Crippen LogP contribution in [0.15, 0.2) is 6.07 Å². The zero-order chi connectivity index (χ0) is 11.5. The molecule has 0 atom stereocenters. The zero-order valence-corrected chi connectivity index (χ0v) is 9.85. The predicted molar refractivity (Wildman–Crippen MR) is 62.4 cm³/mol. The van der Waals surface area contributed by atoms with Gasteiger partial charge in [0.25, 0.3) is 0 Å². The van der Waals surface area contributed by atoms with E-state index in [-0.39, 0.29) is 6.61 Å². The molecule has 0 spiro atoms. The first-order chi connectivity index (χ1) is 7.70. The van der Waals surface area contributed by atoms with Crippen molar-refractivity contribution in [2.75, 3.05) is 38.7 Å². The van der Waals surface area contributed by atoms with Gasteiger partial charge in [0.1, 0.15) is 0 Å². The lowest BCUT2D eigenvalue weighted by Gasteiger charge is -2.25. The van der Waals surface area contributed by atoms with Crippen LogP contribution in [0.2, 0.25) is 0 Å². The van der Waals surface area contributed by atoms with E-state index in [1.54, 1.807) is 0 Å².